The van der Waals surface area contributed by atoms with Crippen LogP contribution in [0.5, 0.6) is 0 Å². The highest BCUT2D eigenvalue weighted by atomic mass is 32.2. The van der Waals surface area contributed by atoms with Crippen LogP contribution in [0.3, 0.4) is 0 Å². The molecule has 1 aliphatic rings. The number of hydrogen-bond acceptors (Lipinski definition) is 4. The summed E-state index contributed by atoms with van der Waals surface area (Å²) in [6.07, 6.45) is 2.83. The first-order valence-corrected chi connectivity index (χ1v) is 9.83. The molecule has 25 heavy (non-hydrogen) atoms. The number of carbonyl (C=O) groups is 2. The van der Waals surface area contributed by atoms with Crippen LogP contribution in [0.2, 0.25) is 0 Å². The number of hydrogen-bond donors (Lipinski definition) is 3. The number of sulfonamides is 1. The molecule has 0 spiro atoms. The molecule has 0 radical (unpaired) electrons. The van der Waals surface area contributed by atoms with E-state index >= 15 is 0 Å². The van der Waals surface area contributed by atoms with Gasteiger partial charge in [0, 0.05) is 12.1 Å². The second-order valence-corrected chi connectivity index (χ2v) is 8.30. The van der Waals surface area contributed by atoms with Gasteiger partial charge in [0.15, 0.2) is 0 Å². The molecule has 138 valence electrons. The summed E-state index contributed by atoms with van der Waals surface area (Å²) in [6, 6.07) is 5.60. The number of carbonyl (C=O) groups excluding carboxylic acids is 1. The van der Waals surface area contributed by atoms with Crippen LogP contribution >= 0.6 is 0 Å². The van der Waals surface area contributed by atoms with Gasteiger partial charge in [-0.05, 0) is 44.0 Å². The molecule has 1 aliphatic carbocycles. The van der Waals surface area contributed by atoms with E-state index in [-0.39, 0.29) is 11.4 Å². The third kappa shape index (κ3) is 4.38. The average Bonchev–Trinajstić information content (AvgIpc) is 2.54. The van der Waals surface area contributed by atoms with Crippen LogP contribution in [0.15, 0.2) is 29.2 Å². The van der Waals surface area contributed by atoms with E-state index in [0.717, 1.165) is 12.8 Å². The fourth-order valence-electron chi connectivity index (χ4n) is 3.27. The molecule has 0 aromatic heterocycles. The van der Waals surface area contributed by atoms with Crippen molar-refractivity contribution in [2.24, 2.45) is 5.92 Å². The minimum absolute atomic E-state index is 0.0817. The van der Waals surface area contributed by atoms with Crippen molar-refractivity contribution in [3.63, 3.8) is 0 Å². The Morgan fingerprint density at radius 2 is 1.88 bits per heavy atom. The minimum atomic E-state index is -3.57. The van der Waals surface area contributed by atoms with Crippen molar-refractivity contribution in [2.75, 3.05) is 6.54 Å². The number of amides is 1. The Morgan fingerprint density at radius 1 is 1.24 bits per heavy atom. The third-order valence-electron chi connectivity index (χ3n) is 4.67. The standard InChI is InChI=1S/C17H24N2O5S/c1-3-18-25(23,24)13-9-7-12(8-10-13)15(20)19-17(2)11-5-4-6-14(17)16(21)22/h7-10,14,18H,3-6,11H2,1-2H3,(H,19,20)(H,21,22). The topological polar surface area (TPSA) is 113 Å². The highest BCUT2D eigenvalue weighted by Gasteiger charge is 2.42. The molecule has 0 saturated heterocycles. The van der Waals surface area contributed by atoms with Crippen molar-refractivity contribution in [1.29, 1.82) is 0 Å². The molecular formula is C17H24N2O5S. The second kappa shape index (κ2) is 7.53. The molecule has 1 aromatic carbocycles. The lowest BCUT2D eigenvalue weighted by molar-refractivity contribution is -0.145. The normalized spacial score (nSPS) is 23.8. The van der Waals surface area contributed by atoms with Crippen molar-refractivity contribution in [2.45, 2.75) is 50.0 Å². The van der Waals surface area contributed by atoms with Crippen molar-refractivity contribution in [3.8, 4) is 0 Å². The largest absolute Gasteiger partial charge is 0.481 e. The molecule has 0 heterocycles. The molecule has 1 amide bonds. The molecule has 2 rings (SSSR count). The molecule has 1 aromatic rings. The Kier molecular flexibility index (Phi) is 5.84. The van der Waals surface area contributed by atoms with Crippen LogP contribution < -0.4 is 10.0 Å². The first-order valence-electron chi connectivity index (χ1n) is 8.34. The van der Waals surface area contributed by atoms with Crippen LogP contribution in [0.4, 0.5) is 0 Å². The van der Waals surface area contributed by atoms with Crippen LogP contribution in [0.1, 0.15) is 49.9 Å². The Bertz CT molecular complexity index is 745. The van der Waals surface area contributed by atoms with Gasteiger partial charge in [0.1, 0.15) is 0 Å². The summed E-state index contributed by atoms with van der Waals surface area (Å²) in [4.78, 5) is 24.1. The molecule has 1 saturated carbocycles. The zero-order valence-electron chi connectivity index (χ0n) is 14.4. The van der Waals surface area contributed by atoms with E-state index in [1.807, 2.05) is 0 Å². The number of benzene rings is 1. The Morgan fingerprint density at radius 3 is 2.44 bits per heavy atom. The van der Waals surface area contributed by atoms with Crippen LogP contribution in [-0.4, -0.2) is 37.5 Å². The first-order chi connectivity index (χ1) is 11.7. The summed E-state index contributed by atoms with van der Waals surface area (Å²) >= 11 is 0. The van der Waals surface area contributed by atoms with E-state index < -0.39 is 33.4 Å². The lowest BCUT2D eigenvalue weighted by atomic mass is 9.73. The van der Waals surface area contributed by atoms with Crippen molar-refractivity contribution in [1.82, 2.24) is 10.0 Å². The fraction of sp³-hybridized carbons (Fsp3) is 0.529. The monoisotopic (exact) mass is 368 g/mol. The van der Waals surface area contributed by atoms with Gasteiger partial charge >= 0.3 is 5.97 Å². The van der Waals surface area contributed by atoms with E-state index in [9.17, 15) is 23.1 Å². The molecule has 7 nitrogen and oxygen atoms in total. The number of nitrogens with one attached hydrogen (secondary N) is 2. The van der Waals surface area contributed by atoms with E-state index in [0.29, 0.717) is 18.4 Å². The molecule has 3 N–H and O–H groups in total. The lowest BCUT2D eigenvalue weighted by Gasteiger charge is -2.39. The number of carboxylic acid groups (broad SMARTS) is 1. The Labute approximate surface area is 147 Å². The maximum absolute atomic E-state index is 12.5. The van der Waals surface area contributed by atoms with Gasteiger partial charge in [0.2, 0.25) is 10.0 Å². The first kappa shape index (κ1) is 19.4. The molecule has 2 unspecified atom stereocenters. The maximum Gasteiger partial charge on any atom is 0.308 e. The number of rotatable bonds is 6. The average molecular weight is 368 g/mol. The van der Waals surface area contributed by atoms with Crippen LogP contribution in [0.25, 0.3) is 0 Å². The summed E-state index contributed by atoms with van der Waals surface area (Å²) in [5.41, 5.74) is -0.512. The van der Waals surface area contributed by atoms with Gasteiger partial charge in [-0.1, -0.05) is 19.8 Å². The van der Waals surface area contributed by atoms with E-state index in [2.05, 4.69) is 10.0 Å². The van der Waals surface area contributed by atoms with Crippen LogP contribution in [-0.2, 0) is 14.8 Å². The van der Waals surface area contributed by atoms with Gasteiger partial charge in [0.05, 0.1) is 16.4 Å². The number of aliphatic carboxylic acids is 1. The molecule has 1 fully saturated rings. The predicted molar refractivity (Wildman–Crippen MR) is 92.8 cm³/mol. The highest BCUT2D eigenvalue weighted by molar-refractivity contribution is 7.89. The summed E-state index contributed by atoms with van der Waals surface area (Å²) < 4.78 is 26.2. The summed E-state index contributed by atoms with van der Waals surface area (Å²) in [5, 5.41) is 12.3. The van der Waals surface area contributed by atoms with Gasteiger partial charge in [-0.3, -0.25) is 9.59 Å². The predicted octanol–water partition coefficient (Wildman–Crippen LogP) is 1.75. The minimum Gasteiger partial charge on any atom is -0.481 e. The van der Waals surface area contributed by atoms with Gasteiger partial charge in [-0.2, -0.15) is 0 Å². The van der Waals surface area contributed by atoms with Crippen molar-refractivity contribution >= 4 is 21.9 Å². The summed E-state index contributed by atoms with van der Waals surface area (Å²) in [5.74, 6) is -1.93. The van der Waals surface area contributed by atoms with E-state index in [1.54, 1.807) is 13.8 Å². The molecule has 2 atom stereocenters. The van der Waals surface area contributed by atoms with Crippen molar-refractivity contribution < 1.29 is 23.1 Å². The quantitative estimate of drug-likeness (QED) is 0.708. The third-order valence-corrected chi connectivity index (χ3v) is 6.23. The van der Waals surface area contributed by atoms with Crippen molar-refractivity contribution in [3.05, 3.63) is 29.8 Å². The molecule has 0 bridgehead atoms. The SMILES string of the molecule is CCNS(=O)(=O)c1ccc(C(=O)NC2(C)CCCCC2C(=O)O)cc1. The smallest absolute Gasteiger partial charge is 0.308 e. The van der Waals surface area contributed by atoms with Crippen LogP contribution in [0, 0.1) is 5.92 Å². The van der Waals surface area contributed by atoms with E-state index in [4.69, 9.17) is 0 Å². The summed E-state index contributed by atoms with van der Waals surface area (Å²) in [7, 11) is -3.57. The Balaban J connectivity index is 2.16. The lowest BCUT2D eigenvalue weighted by Crippen LogP contribution is -2.55. The van der Waals surface area contributed by atoms with Gasteiger partial charge in [-0.15, -0.1) is 0 Å². The Hall–Kier alpha value is -1.93. The molecular weight excluding hydrogens is 344 g/mol. The maximum atomic E-state index is 12.5. The fourth-order valence-corrected chi connectivity index (χ4v) is 4.31. The van der Waals surface area contributed by atoms with Gasteiger partial charge in [0.25, 0.3) is 5.91 Å². The zero-order valence-corrected chi connectivity index (χ0v) is 15.2. The molecule has 0 aliphatic heterocycles. The van der Waals surface area contributed by atoms with Gasteiger partial charge < -0.3 is 10.4 Å². The van der Waals surface area contributed by atoms with E-state index in [1.165, 1.54) is 24.3 Å². The molecule has 8 heteroatoms. The highest BCUT2D eigenvalue weighted by Crippen LogP contribution is 2.34. The number of carboxylic acids is 1. The van der Waals surface area contributed by atoms with Gasteiger partial charge in [-0.25, -0.2) is 13.1 Å². The zero-order chi connectivity index (χ0) is 18.7. The second-order valence-electron chi connectivity index (χ2n) is 6.53. The summed E-state index contributed by atoms with van der Waals surface area (Å²) in [6.45, 7) is 3.72.